The average molecular weight is 518 g/mol. The van der Waals surface area contributed by atoms with Gasteiger partial charge in [-0.2, -0.15) is 0 Å². The largest absolute Gasteiger partial charge is 0.493 e. The van der Waals surface area contributed by atoms with Crippen molar-refractivity contribution >= 4 is 16.9 Å². The number of fused-ring (bicyclic) bond motifs is 1. The van der Waals surface area contributed by atoms with Crippen LogP contribution < -0.4 is 24.3 Å². The van der Waals surface area contributed by atoms with Crippen molar-refractivity contribution in [2.75, 3.05) is 34.5 Å². The summed E-state index contributed by atoms with van der Waals surface area (Å²) >= 11 is 0. The summed E-state index contributed by atoms with van der Waals surface area (Å²) in [5.74, 6) is 3.12. The maximum absolute atomic E-state index is 12.7. The minimum absolute atomic E-state index is 0.176. The Hall–Kier alpha value is -4.20. The molecule has 0 unspecified atom stereocenters. The Morgan fingerprint density at radius 1 is 0.868 bits per heavy atom. The first-order chi connectivity index (χ1) is 18.6. The smallest absolute Gasteiger partial charge is 0.251 e. The van der Waals surface area contributed by atoms with E-state index in [0.29, 0.717) is 36.0 Å². The van der Waals surface area contributed by atoms with Gasteiger partial charge in [0.2, 0.25) is 5.75 Å². The first-order valence-electron chi connectivity index (χ1n) is 12.8. The molecule has 1 N–H and O–H groups in total. The van der Waals surface area contributed by atoms with Gasteiger partial charge in [-0.05, 0) is 49.2 Å². The zero-order valence-corrected chi connectivity index (χ0v) is 22.2. The van der Waals surface area contributed by atoms with Crippen LogP contribution in [0.5, 0.6) is 23.0 Å². The number of imidazole rings is 1. The zero-order valence-electron chi connectivity index (χ0n) is 22.2. The fraction of sp³-hybridized carbons (Fsp3) is 0.333. The minimum atomic E-state index is -0.176. The number of methoxy groups -OCH3 is 3. The number of carbonyl (C=O) groups excluding carboxylic acids is 1. The van der Waals surface area contributed by atoms with E-state index >= 15 is 0 Å². The third-order valence-electron chi connectivity index (χ3n) is 6.35. The molecule has 38 heavy (non-hydrogen) atoms. The van der Waals surface area contributed by atoms with Crippen LogP contribution in [0.1, 0.15) is 35.4 Å². The van der Waals surface area contributed by atoms with E-state index in [1.807, 2.05) is 48.5 Å². The van der Waals surface area contributed by atoms with Crippen molar-refractivity contribution in [2.45, 2.75) is 32.2 Å². The summed E-state index contributed by atoms with van der Waals surface area (Å²) in [4.78, 5) is 17.6. The van der Waals surface area contributed by atoms with Crippen molar-refractivity contribution in [3.05, 3.63) is 78.1 Å². The van der Waals surface area contributed by atoms with Gasteiger partial charge >= 0.3 is 0 Å². The first kappa shape index (κ1) is 26.9. The van der Waals surface area contributed by atoms with Gasteiger partial charge in [0.15, 0.2) is 11.5 Å². The third-order valence-corrected chi connectivity index (χ3v) is 6.35. The molecule has 0 fully saturated rings. The number of hydrogen-bond acceptors (Lipinski definition) is 6. The van der Waals surface area contributed by atoms with E-state index in [0.717, 1.165) is 54.8 Å². The van der Waals surface area contributed by atoms with E-state index in [1.165, 1.54) is 21.3 Å². The molecule has 0 aliphatic carbocycles. The van der Waals surface area contributed by atoms with Gasteiger partial charge in [0.1, 0.15) is 18.2 Å². The summed E-state index contributed by atoms with van der Waals surface area (Å²) < 4.78 is 24.2. The van der Waals surface area contributed by atoms with Crippen molar-refractivity contribution in [3.8, 4) is 23.0 Å². The summed E-state index contributed by atoms with van der Waals surface area (Å²) in [6.45, 7) is 1.89. The second kappa shape index (κ2) is 13.4. The number of hydrogen-bond donors (Lipinski definition) is 1. The van der Waals surface area contributed by atoms with E-state index in [1.54, 1.807) is 12.1 Å². The zero-order chi connectivity index (χ0) is 26.7. The summed E-state index contributed by atoms with van der Waals surface area (Å²) in [6, 6.07) is 21.4. The number of nitrogens with one attached hydrogen (secondary N) is 1. The molecule has 8 nitrogen and oxygen atoms in total. The molecule has 3 aromatic carbocycles. The van der Waals surface area contributed by atoms with Gasteiger partial charge in [-0.25, -0.2) is 4.98 Å². The topological polar surface area (TPSA) is 83.8 Å². The van der Waals surface area contributed by atoms with Gasteiger partial charge in [-0.15, -0.1) is 0 Å². The van der Waals surface area contributed by atoms with E-state index < -0.39 is 0 Å². The van der Waals surface area contributed by atoms with Gasteiger partial charge in [0.05, 0.1) is 38.9 Å². The highest BCUT2D eigenvalue weighted by atomic mass is 16.5. The van der Waals surface area contributed by atoms with E-state index in [2.05, 4.69) is 16.0 Å². The Morgan fingerprint density at radius 2 is 1.58 bits per heavy atom. The van der Waals surface area contributed by atoms with Crippen molar-refractivity contribution in [2.24, 2.45) is 0 Å². The second-order valence-electron chi connectivity index (χ2n) is 8.81. The molecule has 0 aliphatic heterocycles. The molecular weight excluding hydrogens is 482 g/mol. The Morgan fingerprint density at radius 3 is 2.29 bits per heavy atom. The van der Waals surface area contributed by atoms with Crippen molar-refractivity contribution in [1.29, 1.82) is 0 Å². The highest BCUT2D eigenvalue weighted by Crippen LogP contribution is 2.38. The van der Waals surface area contributed by atoms with Crippen LogP contribution in [0, 0.1) is 0 Å². The molecule has 1 heterocycles. The fourth-order valence-electron chi connectivity index (χ4n) is 4.44. The molecular formula is C30H35N3O5. The molecule has 0 atom stereocenters. The summed E-state index contributed by atoms with van der Waals surface area (Å²) in [7, 11) is 4.60. The molecule has 1 amide bonds. The maximum atomic E-state index is 12.7. The quantitative estimate of drug-likeness (QED) is 0.229. The molecule has 0 saturated heterocycles. The normalized spacial score (nSPS) is 10.8. The molecule has 0 saturated carbocycles. The molecule has 1 aromatic heterocycles. The van der Waals surface area contributed by atoms with Gasteiger partial charge in [0.25, 0.3) is 5.91 Å². The molecule has 4 aromatic rings. The predicted molar refractivity (Wildman–Crippen MR) is 148 cm³/mol. The fourth-order valence-corrected chi connectivity index (χ4v) is 4.44. The number of ether oxygens (including phenoxy) is 4. The molecule has 8 heteroatoms. The predicted octanol–water partition coefficient (Wildman–Crippen LogP) is 5.28. The number of nitrogens with zero attached hydrogens (tertiary/aromatic N) is 2. The van der Waals surface area contributed by atoms with Crippen LogP contribution in [0.2, 0.25) is 0 Å². The number of aromatic nitrogens is 2. The monoisotopic (exact) mass is 517 g/mol. The van der Waals surface area contributed by atoms with Crippen LogP contribution in [0.15, 0.2) is 66.7 Å². The highest BCUT2D eigenvalue weighted by molar-refractivity contribution is 5.95. The number of amides is 1. The number of carbonyl (C=O) groups is 1. The van der Waals surface area contributed by atoms with Crippen LogP contribution in [-0.2, 0) is 13.0 Å². The number of rotatable bonds is 14. The van der Waals surface area contributed by atoms with Gasteiger partial charge in [0, 0.05) is 18.5 Å². The van der Waals surface area contributed by atoms with Crippen LogP contribution >= 0.6 is 0 Å². The maximum Gasteiger partial charge on any atom is 0.251 e. The molecule has 0 radical (unpaired) electrons. The summed E-state index contributed by atoms with van der Waals surface area (Å²) in [6.07, 6.45) is 3.68. The lowest BCUT2D eigenvalue weighted by atomic mass is 10.1. The van der Waals surface area contributed by atoms with Crippen LogP contribution in [0.3, 0.4) is 0 Å². The van der Waals surface area contributed by atoms with E-state index in [4.69, 9.17) is 23.9 Å². The van der Waals surface area contributed by atoms with Crippen LogP contribution in [-0.4, -0.2) is 49.9 Å². The van der Waals surface area contributed by atoms with Crippen molar-refractivity contribution in [1.82, 2.24) is 14.9 Å². The third kappa shape index (κ3) is 6.56. The van der Waals surface area contributed by atoms with Gasteiger partial charge in [-0.1, -0.05) is 36.8 Å². The summed E-state index contributed by atoms with van der Waals surface area (Å²) in [5.41, 5.74) is 2.59. The second-order valence-corrected chi connectivity index (χ2v) is 8.81. The minimum Gasteiger partial charge on any atom is -0.493 e. The molecule has 4 rings (SSSR count). The Kier molecular flexibility index (Phi) is 9.45. The molecule has 200 valence electrons. The number of aryl methyl sites for hydroxylation is 1. The Balaban J connectivity index is 1.27. The van der Waals surface area contributed by atoms with Crippen molar-refractivity contribution < 1.29 is 23.7 Å². The van der Waals surface area contributed by atoms with Gasteiger partial charge in [-0.3, -0.25) is 4.79 Å². The molecule has 0 spiro atoms. The summed E-state index contributed by atoms with van der Waals surface area (Å²) in [5, 5.41) is 2.99. The Bertz CT molecular complexity index is 1310. The average Bonchev–Trinajstić information content (AvgIpc) is 3.31. The lowest BCUT2D eigenvalue weighted by Gasteiger charge is -2.14. The Labute approximate surface area is 223 Å². The lowest BCUT2D eigenvalue weighted by molar-refractivity contribution is 0.0952. The SMILES string of the molecule is COc1cc(C(=O)NCCCCCc2nc3ccccc3n2CCOc2ccccc2)cc(OC)c1OC. The standard InChI is InChI=1S/C30H35N3O5/c1-35-26-20-22(21-27(36-2)29(26)37-3)30(34)31-17-11-5-8-16-28-32-24-14-9-10-15-25(24)33(28)18-19-38-23-12-6-4-7-13-23/h4,6-7,9-10,12-15,20-21H,5,8,11,16-19H2,1-3H3,(H,31,34). The number of benzene rings is 3. The van der Waals surface area contributed by atoms with E-state index in [9.17, 15) is 4.79 Å². The molecule has 0 bridgehead atoms. The first-order valence-corrected chi connectivity index (χ1v) is 12.8. The van der Waals surface area contributed by atoms with E-state index in [-0.39, 0.29) is 5.91 Å². The lowest BCUT2D eigenvalue weighted by Crippen LogP contribution is -2.24. The molecule has 0 aliphatic rings. The van der Waals surface area contributed by atoms with Crippen molar-refractivity contribution in [3.63, 3.8) is 0 Å². The van der Waals surface area contributed by atoms with Crippen LogP contribution in [0.25, 0.3) is 11.0 Å². The van der Waals surface area contributed by atoms with Gasteiger partial charge < -0.3 is 28.8 Å². The van der Waals surface area contributed by atoms with Crippen LogP contribution in [0.4, 0.5) is 0 Å². The number of unbranched alkanes of at least 4 members (excludes halogenated alkanes) is 2. The number of para-hydroxylation sites is 3. The highest BCUT2D eigenvalue weighted by Gasteiger charge is 2.17.